The van der Waals surface area contributed by atoms with Crippen molar-refractivity contribution in [2.45, 2.75) is 6.92 Å². The molecule has 72 valence electrons. The van der Waals surface area contributed by atoms with Crippen LogP contribution in [0.1, 0.15) is 5.69 Å². The summed E-state index contributed by atoms with van der Waals surface area (Å²) in [5.74, 6) is 0.816. The highest BCUT2D eigenvalue weighted by Crippen LogP contribution is 2.16. The maximum atomic E-state index is 4.39. The summed E-state index contributed by atoms with van der Waals surface area (Å²) < 4.78 is 3.68. The molecule has 14 heavy (non-hydrogen) atoms. The summed E-state index contributed by atoms with van der Waals surface area (Å²) in [5, 5.41) is 4.15. The first-order chi connectivity index (χ1) is 6.66. The highest BCUT2D eigenvalue weighted by atomic mass is 79.9. The second-order valence-corrected chi connectivity index (χ2v) is 4.61. The Kier molecular flexibility index (Phi) is 2.69. The summed E-state index contributed by atoms with van der Waals surface area (Å²) in [6.45, 7) is 1.95. The Labute approximate surface area is 98.4 Å². The number of aromatic nitrogens is 3. The monoisotopic (exact) mass is 315 g/mol. The van der Waals surface area contributed by atoms with Gasteiger partial charge in [-0.05, 0) is 50.9 Å². The zero-order valence-corrected chi connectivity index (χ0v) is 10.6. The molecule has 0 aromatic carbocycles. The zero-order valence-electron chi connectivity index (χ0n) is 7.41. The number of pyridine rings is 1. The van der Waals surface area contributed by atoms with Gasteiger partial charge < -0.3 is 0 Å². The third-order valence-corrected chi connectivity index (χ3v) is 3.04. The summed E-state index contributed by atoms with van der Waals surface area (Å²) in [4.78, 5) is 4.39. The lowest BCUT2D eigenvalue weighted by Gasteiger charge is -2.02. The van der Waals surface area contributed by atoms with Gasteiger partial charge >= 0.3 is 0 Å². The molecule has 2 heterocycles. The predicted octanol–water partition coefficient (Wildman–Crippen LogP) is 3.10. The van der Waals surface area contributed by atoms with E-state index in [1.807, 2.05) is 25.3 Å². The van der Waals surface area contributed by atoms with Crippen molar-refractivity contribution >= 4 is 31.9 Å². The van der Waals surface area contributed by atoms with Crippen molar-refractivity contribution in [1.29, 1.82) is 0 Å². The molecule has 0 atom stereocenters. The molecule has 0 radical (unpaired) electrons. The first kappa shape index (κ1) is 9.86. The molecular formula is C9H7Br2N3. The smallest absolute Gasteiger partial charge is 0.153 e. The SMILES string of the molecule is Cc1nc(-n2cc(Br)cn2)ccc1Br. The molecule has 0 amide bonds. The fraction of sp³-hybridized carbons (Fsp3) is 0.111. The van der Waals surface area contributed by atoms with Gasteiger partial charge in [0.25, 0.3) is 0 Å². The second kappa shape index (κ2) is 3.82. The minimum absolute atomic E-state index is 0.816. The van der Waals surface area contributed by atoms with Gasteiger partial charge in [0.2, 0.25) is 0 Å². The summed E-state index contributed by atoms with van der Waals surface area (Å²) >= 11 is 6.75. The largest absolute Gasteiger partial charge is 0.233 e. The van der Waals surface area contributed by atoms with E-state index < -0.39 is 0 Å². The standard InChI is InChI=1S/C9H7Br2N3/c1-6-8(11)2-3-9(13-6)14-5-7(10)4-12-14/h2-5H,1H3. The van der Waals surface area contributed by atoms with Crippen LogP contribution < -0.4 is 0 Å². The van der Waals surface area contributed by atoms with Crippen molar-refractivity contribution in [2.75, 3.05) is 0 Å². The zero-order chi connectivity index (χ0) is 10.1. The van der Waals surface area contributed by atoms with E-state index in [1.165, 1.54) is 0 Å². The van der Waals surface area contributed by atoms with E-state index in [4.69, 9.17) is 0 Å². The molecule has 5 heteroatoms. The van der Waals surface area contributed by atoms with E-state index in [0.29, 0.717) is 0 Å². The third kappa shape index (κ3) is 1.88. The molecule has 0 saturated carbocycles. The summed E-state index contributed by atoms with van der Waals surface area (Å²) in [6.07, 6.45) is 3.61. The molecule has 2 aromatic rings. The molecule has 0 aliphatic carbocycles. The molecule has 0 unspecified atom stereocenters. The van der Waals surface area contributed by atoms with Crippen LogP contribution in [-0.4, -0.2) is 14.8 Å². The molecule has 3 nitrogen and oxygen atoms in total. The Morgan fingerprint density at radius 1 is 1.29 bits per heavy atom. The molecule has 0 aliphatic heterocycles. The Bertz CT molecular complexity index is 465. The molecular weight excluding hydrogens is 310 g/mol. The first-order valence-corrected chi connectivity index (χ1v) is 5.59. The van der Waals surface area contributed by atoms with Crippen LogP contribution in [0.5, 0.6) is 0 Å². The Morgan fingerprint density at radius 2 is 2.07 bits per heavy atom. The van der Waals surface area contributed by atoms with E-state index in [2.05, 4.69) is 41.9 Å². The van der Waals surface area contributed by atoms with E-state index in [9.17, 15) is 0 Å². The Balaban J connectivity index is 2.47. The van der Waals surface area contributed by atoms with Crippen molar-refractivity contribution in [1.82, 2.24) is 14.8 Å². The summed E-state index contributed by atoms with van der Waals surface area (Å²) in [5.41, 5.74) is 0.953. The number of nitrogens with zero attached hydrogens (tertiary/aromatic N) is 3. The van der Waals surface area contributed by atoms with Gasteiger partial charge in [0, 0.05) is 10.7 Å². The van der Waals surface area contributed by atoms with E-state index in [-0.39, 0.29) is 0 Å². The van der Waals surface area contributed by atoms with Crippen LogP contribution in [-0.2, 0) is 0 Å². The van der Waals surface area contributed by atoms with Crippen molar-refractivity contribution in [3.63, 3.8) is 0 Å². The fourth-order valence-corrected chi connectivity index (χ4v) is 1.59. The average molecular weight is 317 g/mol. The predicted molar refractivity (Wildman–Crippen MR) is 61.5 cm³/mol. The normalized spacial score (nSPS) is 10.5. The molecule has 0 N–H and O–H groups in total. The van der Waals surface area contributed by atoms with E-state index >= 15 is 0 Å². The molecule has 2 aromatic heterocycles. The molecule has 0 aliphatic rings. The van der Waals surface area contributed by atoms with Crippen molar-refractivity contribution in [2.24, 2.45) is 0 Å². The number of aryl methyl sites for hydroxylation is 1. The van der Waals surface area contributed by atoms with Gasteiger partial charge in [-0.15, -0.1) is 0 Å². The van der Waals surface area contributed by atoms with Crippen molar-refractivity contribution < 1.29 is 0 Å². The Morgan fingerprint density at radius 3 is 2.64 bits per heavy atom. The maximum absolute atomic E-state index is 4.39. The molecule has 0 saturated heterocycles. The van der Waals surface area contributed by atoms with Gasteiger partial charge in [-0.2, -0.15) is 5.10 Å². The van der Waals surface area contributed by atoms with Crippen molar-refractivity contribution in [3.05, 3.63) is 39.2 Å². The van der Waals surface area contributed by atoms with Gasteiger partial charge in [0.15, 0.2) is 5.82 Å². The number of rotatable bonds is 1. The second-order valence-electron chi connectivity index (χ2n) is 2.84. The van der Waals surface area contributed by atoms with E-state index in [1.54, 1.807) is 10.9 Å². The first-order valence-electron chi connectivity index (χ1n) is 4.00. The minimum Gasteiger partial charge on any atom is -0.233 e. The van der Waals surface area contributed by atoms with E-state index in [0.717, 1.165) is 20.5 Å². The summed E-state index contributed by atoms with van der Waals surface area (Å²) in [6, 6.07) is 3.88. The van der Waals surface area contributed by atoms with Gasteiger partial charge in [0.1, 0.15) is 0 Å². The molecule has 0 bridgehead atoms. The maximum Gasteiger partial charge on any atom is 0.153 e. The molecule has 2 rings (SSSR count). The van der Waals surface area contributed by atoms with Crippen LogP contribution in [0.2, 0.25) is 0 Å². The third-order valence-electron chi connectivity index (χ3n) is 1.79. The minimum atomic E-state index is 0.816. The average Bonchev–Trinajstić information content (AvgIpc) is 2.57. The Hall–Kier alpha value is -0.680. The van der Waals surface area contributed by atoms with Crippen LogP contribution >= 0.6 is 31.9 Å². The lowest BCUT2D eigenvalue weighted by atomic mass is 10.4. The lowest BCUT2D eigenvalue weighted by Crippen LogP contribution is -1.98. The summed E-state index contributed by atoms with van der Waals surface area (Å²) in [7, 11) is 0. The van der Waals surface area contributed by atoms with Gasteiger partial charge in [-0.1, -0.05) is 0 Å². The van der Waals surface area contributed by atoms with Gasteiger partial charge in [-0.3, -0.25) is 0 Å². The van der Waals surface area contributed by atoms with Gasteiger partial charge in [-0.25, -0.2) is 9.67 Å². The highest BCUT2D eigenvalue weighted by molar-refractivity contribution is 9.10. The number of halogens is 2. The highest BCUT2D eigenvalue weighted by Gasteiger charge is 2.02. The van der Waals surface area contributed by atoms with Crippen LogP contribution in [0.3, 0.4) is 0 Å². The van der Waals surface area contributed by atoms with Crippen LogP contribution in [0.25, 0.3) is 5.82 Å². The number of hydrogen-bond acceptors (Lipinski definition) is 2. The van der Waals surface area contributed by atoms with Crippen LogP contribution in [0, 0.1) is 6.92 Å². The van der Waals surface area contributed by atoms with Gasteiger partial charge in [0.05, 0.1) is 16.4 Å². The molecule has 0 fully saturated rings. The number of hydrogen-bond donors (Lipinski definition) is 0. The molecule has 0 spiro atoms. The fourth-order valence-electron chi connectivity index (χ4n) is 1.08. The lowest BCUT2D eigenvalue weighted by molar-refractivity contribution is 0.839. The van der Waals surface area contributed by atoms with Crippen LogP contribution in [0.4, 0.5) is 0 Å². The van der Waals surface area contributed by atoms with Crippen molar-refractivity contribution in [3.8, 4) is 5.82 Å². The quantitative estimate of drug-likeness (QED) is 0.809. The topological polar surface area (TPSA) is 30.7 Å². The van der Waals surface area contributed by atoms with Crippen LogP contribution in [0.15, 0.2) is 33.5 Å².